The molecule has 3 nitrogen and oxygen atoms in total. The summed E-state index contributed by atoms with van der Waals surface area (Å²) in [5.41, 5.74) is 0.282. The predicted molar refractivity (Wildman–Crippen MR) is 47.0 cm³/mol. The van der Waals surface area contributed by atoms with Crippen molar-refractivity contribution >= 4 is 11.6 Å². The fourth-order valence-electron chi connectivity index (χ4n) is 0.947. The molecule has 0 unspecified atom stereocenters. The minimum atomic E-state index is -0.486. The van der Waals surface area contributed by atoms with Gasteiger partial charge in [0.25, 0.3) is 0 Å². The molecule has 0 bridgehead atoms. The van der Waals surface area contributed by atoms with Gasteiger partial charge in [-0.2, -0.15) is 0 Å². The summed E-state index contributed by atoms with van der Waals surface area (Å²) in [7, 11) is 0. The monoisotopic (exact) mass is 203 g/mol. The second-order valence-corrected chi connectivity index (χ2v) is 2.98. The number of rotatable bonds is 3. The van der Waals surface area contributed by atoms with E-state index in [0.29, 0.717) is 5.02 Å². The summed E-state index contributed by atoms with van der Waals surface area (Å²) < 4.78 is 12.9. The Bertz CT molecular complexity index is 330. The van der Waals surface area contributed by atoms with E-state index in [1.165, 1.54) is 18.2 Å². The lowest BCUT2D eigenvalue weighted by atomic mass is 10.1. The van der Waals surface area contributed by atoms with Crippen LogP contribution < -0.4 is 0 Å². The number of nitrogens with zero attached hydrogens (tertiary/aromatic N) is 1. The molecule has 0 aliphatic heterocycles. The topological polar surface area (TPSA) is 43.1 Å². The fraction of sp³-hybridized carbons (Fsp3) is 0.250. The summed E-state index contributed by atoms with van der Waals surface area (Å²) in [6, 6.07) is 4.02. The second-order valence-electron chi connectivity index (χ2n) is 2.54. The standard InChI is InChI=1S/C8H7ClFNO2/c9-7-1-2-8(10)6(5-7)3-4-11(12)13/h1-2,5H,3-4H2. The van der Waals surface area contributed by atoms with Gasteiger partial charge in [-0.1, -0.05) is 11.6 Å². The van der Waals surface area contributed by atoms with E-state index in [1.54, 1.807) is 0 Å². The minimum absolute atomic E-state index is 0.0688. The molecule has 0 saturated carbocycles. The van der Waals surface area contributed by atoms with Crippen molar-refractivity contribution in [1.82, 2.24) is 0 Å². The molecule has 0 radical (unpaired) electrons. The minimum Gasteiger partial charge on any atom is -0.265 e. The maximum absolute atomic E-state index is 12.9. The van der Waals surface area contributed by atoms with Crippen LogP contribution in [0, 0.1) is 15.9 Å². The average molecular weight is 204 g/mol. The van der Waals surface area contributed by atoms with Crippen molar-refractivity contribution in [3.05, 3.63) is 44.7 Å². The highest BCUT2D eigenvalue weighted by molar-refractivity contribution is 6.30. The Kier molecular flexibility index (Phi) is 3.19. The zero-order valence-corrected chi connectivity index (χ0v) is 7.42. The molecule has 0 aliphatic carbocycles. The van der Waals surface area contributed by atoms with Crippen LogP contribution in [0.5, 0.6) is 0 Å². The summed E-state index contributed by atoms with van der Waals surface area (Å²) in [4.78, 5) is 9.53. The smallest absolute Gasteiger partial charge is 0.208 e. The summed E-state index contributed by atoms with van der Waals surface area (Å²) in [6.07, 6.45) is 0.0688. The van der Waals surface area contributed by atoms with Crippen LogP contribution in [0.1, 0.15) is 5.56 Å². The molecule has 0 N–H and O–H groups in total. The highest BCUT2D eigenvalue weighted by Gasteiger charge is 2.06. The Morgan fingerprint density at radius 2 is 2.23 bits per heavy atom. The third kappa shape index (κ3) is 2.99. The third-order valence-corrected chi connectivity index (χ3v) is 1.81. The Morgan fingerprint density at radius 3 is 2.85 bits per heavy atom. The molecule has 1 aromatic rings. The highest BCUT2D eigenvalue weighted by atomic mass is 35.5. The number of halogens is 2. The Morgan fingerprint density at radius 1 is 1.54 bits per heavy atom. The zero-order valence-electron chi connectivity index (χ0n) is 6.67. The van der Waals surface area contributed by atoms with Gasteiger partial charge in [0, 0.05) is 16.4 Å². The molecule has 13 heavy (non-hydrogen) atoms. The first-order valence-corrected chi connectivity index (χ1v) is 4.03. The SMILES string of the molecule is O=[N+]([O-])CCc1cc(Cl)ccc1F. The van der Waals surface area contributed by atoms with E-state index < -0.39 is 10.7 Å². The molecule has 5 heteroatoms. The molecule has 0 atom stereocenters. The van der Waals surface area contributed by atoms with Crippen LogP contribution in [0.2, 0.25) is 5.02 Å². The van der Waals surface area contributed by atoms with Crippen molar-refractivity contribution < 1.29 is 9.31 Å². The van der Waals surface area contributed by atoms with Gasteiger partial charge < -0.3 is 0 Å². The van der Waals surface area contributed by atoms with E-state index in [-0.39, 0.29) is 18.5 Å². The van der Waals surface area contributed by atoms with Gasteiger partial charge in [-0.15, -0.1) is 0 Å². The Labute approximate surface area is 79.3 Å². The first kappa shape index (κ1) is 9.92. The molecule has 0 saturated heterocycles. The number of hydrogen-bond acceptors (Lipinski definition) is 2. The van der Waals surface area contributed by atoms with Crippen LogP contribution in [0.15, 0.2) is 18.2 Å². The first-order valence-electron chi connectivity index (χ1n) is 3.65. The van der Waals surface area contributed by atoms with Crippen LogP contribution in [0.25, 0.3) is 0 Å². The van der Waals surface area contributed by atoms with Gasteiger partial charge in [0.2, 0.25) is 6.54 Å². The average Bonchev–Trinajstić information content (AvgIpc) is 2.06. The van der Waals surface area contributed by atoms with Gasteiger partial charge in [0.05, 0.1) is 0 Å². The van der Waals surface area contributed by atoms with Crippen molar-refractivity contribution in [3.63, 3.8) is 0 Å². The molecule has 0 aliphatic rings. The quantitative estimate of drug-likeness (QED) is 0.559. The molecule has 70 valence electrons. The molecule has 0 spiro atoms. The van der Waals surface area contributed by atoms with E-state index >= 15 is 0 Å². The number of benzene rings is 1. The van der Waals surface area contributed by atoms with E-state index in [1.807, 2.05) is 0 Å². The molecule has 0 amide bonds. The second kappa shape index (κ2) is 4.18. The maximum atomic E-state index is 12.9. The van der Waals surface area contributed by atoms with Crippen LogP contribution in [0.3, 0.4) is 0 Å². The van der Waals surface area contributed by atoms with Crippen LogP contribution >= 0.6 is 11.6 Å². The Hall–Kier alpha value is -1.16. The van der Waals surface area contributed by atoms with Crippen molar-refractivity contribution in [2.75, 3.05) is 6.54 Å². The van der Waals surface area contributed by atoms with E-state index in [4.69, 9.17) is 11.6 Å². The molecular formula is C8H7ClFNO2. The first-order chi connectivity index (χ1) is 6.09. The molecule has 0 aromatic heterocycles. The summed E-state index contributed by atoms with van der Waals surface area (Å²) >= 11 is 5.60. The largest absolute Gasteiger partial charge is 0.265 e. The lowest BCUT2D eigenvalue weighted by Crippen LogP contribution is -2.05. The fourth-order valence-corrected chi connectivity index (χ4v) is 1.14. The maximum Gasteiger partial charge on any atom is 0.208 e. The van der Waals surface area contributed by atoms with Crippen molar-refractivity contribution in [1.29, 1.82) is 0 Å². The van der Waals surface area contributed by atoms with Crippen LogP contribution in [-0.2, 0) is 6.42 Å². The van der Waals surface area contributed by atoms with Crippen molar-refractivity contribution in [2.45, 2.75) is 6.42 Å². The summed E-state index contributed by atoms with van der Waals surface area (Å²) in [6.45, 7) is -0.280. The molecular weight excluding hydrogens is 197 g/mol. The van der Waals surface area contributed by atoms with Gasteiger partial charge in [0.1, 0.15) is 5.82 Å². The van der Waals surface area contributed by atoms with Gasteiger partial charge in [-0.05, 0) is 23.8 Å². The Balaban J connectivity index is 2.75. The van der Waals surface area contributed by atoms with E-state index in [0.717, 1.165) is 0 Å². The van der Waals surface area contributed by atoms with Gasteiger partial charge in [0.15, 0.2) is 0 Å². The van der Waals surface area contributed by atoms with Gasteiger partial charge in [-0.25, -0.2) is 4.39 Å². The van der Waals surface area contributed by atoms with Crippen LogP contribution in [-0.4, -0.2) is 11.5 Å². The lowest BCUT2D eigenvalue weighted by molar-refractivity contribution is -0.479. The van der Waals surface area contributed by atoms with Gasteiger partial charge in [-0.3, -0.25) is 10.1 Å². The summed E-state index contributed by atoms with van der Waals surface area (Å²) in [5, 5.41) is 10.4. The van der Waals surface area contributed by atoms with E-state index in [9.17, 15) is 14.5 Å². The predicted octanol–water partition coefficient (Wildman–Crippen LogP) is 2.30. The molecule has 0 heterocycles. The normalized spacial score (nSPS) is 10.0. The number of hydrogen-bond donors (Lipinski definition) is 0. The molecule has 0 fully saturated rings. The molecule has 1 rings (SSSR count). The van der Waals surface area contributed by atoms with Crippen LogP contribution in [0.4, 0.5) is 4.39 Å². The summed E-state index contributed by atoms with van der Waals surface area (Å²) in [5.74, 6) is -0.453. The lowest BCUT2D eigenvalue weighted by Gasteiger charge is -1.99. The van der Waals surface area contributed by atoms with E-state index in [2.05, 4.69) is 0 Å². The van der Waals surface area contributed by atoms with Crippen molar-refractivity contribution in [2.24, 2.45) is 0 Å². The zero-order chi connectivity index (χ0) is 9.84. The highest BCUT2D eigenvalue weighted by Crippen LogP contribution is 2.15. The third-order valence-electron chi connectivity index (χ3n) is 1.57. The van der Waals surface area contributed by atoms with Gasteiger partial charge >= 0.3 is 0 Å². The number of nitro groups is 1. The molecule has 1 aromatic carbocycles. The van der Waals surface area contributed by atoms with Crippen molar-refractivity contribution in [3.8, 4) is 0 Å².